The van der Waals surface area contributed by atoms with Gasteiger partial charge in [0.05, 0.1) is 6.54 Å². The maximum atomic E-state index is 13.6. The molecule has 0 saturated heterocycles. The summed E-state index contributed by atoms with van der Waals surface area (Å²) in [5, 5.41) is 4.12. The van der Waals surface area contributed by atoms with E-state index in [0.29, 0.717) is 24.9 Å². The molecule has 1 aliphatic heterocycles. The van der Waals surface area contributed by atoms with E-state index in [1.807, 2.05) is 0 Å². The van der Waals surface area contributed by atoms with Crippen molar-refractivity contribution in [1.82, 2.24) is 14.3 Å². The van der Waals surface area contributed by atoms with E-state index >= 15 is 0 Å². The molecule has 0 saturated carbocycles. The maximum absolute atomic E-state index is 13.6. The molecule has 0 fully saturated rings. The van der Waals surface area contributed by atoms with Crippen LogP contribution in [0.3, 0.4) is 0 Å². The number of halogens is 3. The van der Waals surface area contributed by atoms with Gasteiger partial charge in [0.25, 0.3) is 0 Å². The molecule has 0 N–H and O–H groups in total. The summed E-state index contributed by atoms with van der Waals surface area (Å²) in [5.74, 6) is -2.62. The van der Waals surface area contributed by atoms with Crippen molar-refractivity contribution in [2.24, 2.45) is 0 Å². The van der Waals surface area contributed by atoms with Crippen molar-refractivity contribution in [3.05, 3.63) is 51.5 Å². The van der Waals surface area contributed by atoms with E-state index in [0.717, 1.165) is 23.6 Å². The van der Waals surface area contributed by atoms with Gasteiger partial charge in [-0.25, -0.2) is 22.6 Å². The molecule has 7 heteroatoms. The number of aryl methyl sites for hydroxylation is 1. The number of nitrogens with zero attached hydrogens (tertiary/aromatic N) is 3. The van der Waals surface area contributed by atoms with Gasteiger partial charge in [-0.2, -0.15) is 5.10 Å². The number of rotatable bonds is 2. The normalized spacial score (nSPS) is 14.3. The smallest absolute Gasteiger partial charge is 0.279 e. The summed E-state index contributed by atoms with van der Waals surface area (Å²) >= 11 is 0. The third kappa shape index (κ3) is 2.13. The summed E-state index contributed by atoms with van der Waals surface area (Å²) in [7, 11) is 0. The van der Waals surface area contributed by atoms with Crippen molar-refractivity contribution >= 4 is 0 Å². The Morgan fingerprint density at radius 1 is 1.10 bits per heavy atom. The highest BCUT2D eigenvalue weighted by Gasteiger charge is 2.18. The van der Waals surface area contributed by atoms with E-state index in [4.69, 9.17) is 0 Å². The van der Waals surface area contributed by atoms with E-state index in [1.165, 1.54) is 0 Å². The molecule has 1 aromatic heterocycles. The molecule has 0 bridgehead atoms. The van der Waals surface area contributed by atoms with E-state index in [2.05, 4.69) is 5.10 Å². The summed E-state index contributed by atoms with van der Waals surface area (Å²) < 4.78 is 42.2. The molecule has 2 aromatic rings. The predicted octanol–water partition coefficient (Wildman–Crippen LogP) is 1.85. The fourth-order valence-electron chi connectivity index (χ4n) is 2.40. The van der Waals surface area contributed by atoms with Gasteiger partial charge in [0.1, 0.15) is 11.6 Å². The molecule has 1 aliphatic rings. The molecule has 2 heterocycles. The highest BCUT2D eigenvalue weighted by atomic mass is 19.2. The zero-order valence-electron chi connectivity index (χ0n) is 10.6. The molecule has 20 heavy (non-hydrogen) atoms. The maximum Gasteiger partial charge on any atom is 0.346 e. The van der Waals surface area contributed by atoms with Crippen molar-refractivity contribution in [2.75, 3.05) is 0 Å². The lowest BCUT2D eigenvalue weighted by Crippen LogP contribution is -2.27. The number of aromatic nitrogens is 3. The van der Waals surface area contributed by atoms with Gasteiger partial charge < -0.3 is 0 Å². The van der Waals surface area contributed by atoms with Gasteiger partial charge in [0, 0.05) is 24.6 Å². The Bertz CT molecular complexity index is 720. The average Bonchev–Trinajstić information content (AvgIpc) is 2.73. The van der Waals surface area contributed by atoms with Gasteiger partial charge >= 0.3 is 5.69 Å². The molecule has 0 radical (unpaired) electrons. The van der Waals surface area contributed by atoms with Crippen LogP contribution in [0.5, 0.6) is 0 Å². The van der Waals surface area contributed by atoms with Gasteiger partial charge in [-0.1, -0.05) is 0 Å². The quantitative estimate of drug-likeness (QED) is 0.789. The van der Waals surface area contributed by atoms with Crippen molar-refractivity contribution in [1.29, 1.82) is 0 Å². The number of benzene rings is 1. The predicted molar refractivity (Wildman–Crippen MR) is 64.8 cm³/mol. The second-order valence-electron chi connectivity index (χ2n) is 4.82. The molecule has 4 nitrogen and oxygen atoms in total. The van der Waals surface area contributed by atoms with Gasteiger partial charge in [-0.15, -0.1) is 0 Å². The van der Waals surface area contributed by atoms with Gasteiger partial charge in [0.15, 0.2) is 11.6 Å². The van der Waals surface area contributed by atoms with E-state index < -0.39 is 17.5 Å². The van der Waals surface area contributed by atoms with Gasteiger partial charge in [-0.3, -0.25) is 4.57 Å². The number of fused-ring (bicyclic) bond motifs is 1. The van der Waals surface area contributed by atoms with Crippen LogP contribution in [0, 0.1) is 17.5 Å². The Balaban J connectivity index is 1.98. The fraction of sp³-hybridized carbons (Fsp3) is 0.385. The molecule has 0 unspecified atom stereocenters. The lowest BCUT2D eigenvalue weighted by atomic mass is 10.2. The molecule has 0 spiro atoms. The minimum atomic E-state index is -1.25. The molecule has 0 amide bonds. The summed E-state index contributed by atoms with van der Waals surface area (Å²) in [6.07, 6.45) is 2.55. The molecule has 106 valence electrons. The van der Waals surface area contributed by atoms with Crippen LogP contribution in [-0.2, 0) is 19.5 Å². The van der Waals surface area contributed by atoms with Crippen molar-refractivity contribution in [3.8, 4) is 0 Å². The lowest BCUT2D eigenvalue weighted by molar-refractivity contribution is 0.484. The first-order chi connectivity index (χ1) is 9.56. The van der Waals surface area contributed by atoms with Crippen LogP contribution >= 0.6 is 0 Å². The summed E-state index contributed by atoms with van der Waals surface area (Å²) in [6.45, 7) is 0.385. The van der Waals surface area contributed by atoms with Crippen LogP contribution in [0.25, 0.3) is 0 Å². The van der Waals surface area contributed by atoms with Gasteiger partial charge in [-0.05, 0) is 18.9 Å². The second kappa shape index (κ2) is 4.81. The number of hydrogen-bond acceptors (Lipinski definition) is 2. The minimum absolute atomic E-state index is 0.0959. The van der Waals surface area contributed by atoms with Crippen molar-refractivity contribution < 1.29 is 13.2 Å². The first-order valence-electron chi connectivity index (χ1n) is 6.36. The summed E-state index contributed by atoms with van der Waals surface area (Å²) in [5.41, 5.74) is -0.440. The first-order valence-corrected chi connectivity index (χ1v) is 6.36. The molecule has 3 rings (SSSR count). The van der Waals surface area contributed by atoms with Crippen molar-refractivity contribution in [2.45, 2.75) is 32.4 Å². The van der Waals surface area contributed by atoms with Crippen LogP contribution in [0.15, 0.2) is 16.9 Å². The summed E-state index contributed by atoms with van der Waals surface area (Å²) in [6, 6.07) is 1.24. The van der Waals surface area contributed by atoms with Crippen molar-refractivity contribution in [3.63, 3.8) is 0 Å². The average molecular weight is 283 g/mol. The third-order valence-electron chi connectivity index (χ3n) is 3.44. The van der Waals surface area contributed by atoms with Crippen LogP contribution in [0.1, 0.15) is 24.2 Å². The molecule has 0 aliphatic carbocycles. The third-order valence-corrected chi connectivity index (χ3v) is 3.44. The Labute approximate surface area is 112 Å². The van der Waals surface area contributed by atoms with Crippen LogP contribution < -0.4 is 5.69 Å². The zero-order chi connectivity index (χ0) is 14.3. The topological polar surface area (TPSA) is 39.8 Å². The highest BCUT2D eigenvalue weighted by Crippen LogP contribution is 2.15. The Morgan fingerprint density at radius 3 is 2.60 bits per heavy atom. The van der Waals surface area contributed by atoms with Crippen LogP contribution in [0.4, 0.5) is 13.2 Å². The SMILES string of the molecule is O=c1n(Cc2cc(F)c(F)cc2F)nc2n1CCCC2. The molecule has 0 atom stereocenters. The van der Waals surface area contributed by atoms with Crippen LogP contribution in [-0.4, -0.2) is 14.3 Å². The lowest BCUT2D eigenvalue weighted by Gasteiger charge is -2.09. The molecular formula is C13H12F3N3O. The first kappa shape index (κ1) is 13.0. The Morgan fingerprint density at radius 2 is 1.85 bits per heavy atom. The van der Waals surface area contributed by atoms with Crippen LogP contribution in [0.2, 0.25) is 0 Å². The monoisotopic (exact) mass is 283 g/mol. The molecular weight excluding hydrogens is 271 g/mol. The Kier molecular flexibility index (Phi) is 3.11. The van der Waals surface area contributed by atoms with E-state index in [-0.39, 0.29) is 17.8 Å². The summed E-state index contributed by atoms with van der Waals surface area (Å²) in [4.78, 5) is 12.1. The van der Waals surface area contributed by atoms with E-state index in [9.17, 15) is 18.0 Å². The number of hydrogen-bond donors (Lipinski definition) is 0. The standard InChI is InChI=1S/C13H12F3N3O/c14-9-6-11(16)10(15)5-8(9)7-19-13(20)18-4-2-1-3-12(18)17-19/h5-6H,1-4,7H2. The van der Waals surface area contributed by atoms with Gasteiger partial charge in [0.2, 0.25) is 0 Å². The largest absolute Gasteiger partial charge is 0.346 e. The molecule has 1 aromatic carbocycles. The zero-order valence-corrected chi connectivity index (χ0v) is 10.6. The Hall–Kier alpha value is -2.05. The highest BCUT2D eigenvalue weighted by molar-refractivity contribution is 5.20. The second-order valence-corrected chi connectivity index (χ2v) is 4.82. The fourth-order valence-corrected chi connectivity index (χ4v) is 2.40. The minimum Gasteiger partial charge on any atom is -0.279 e. The van der Waals surface area contributed by atoms with E-state index in [1.54, 1.807) is 4.57 Å².